The minimum absolute atomic E-state index is 0.615. The molecule has 96 valence electrons. The molecule has 1 heterocycles. The Morgan fingerprint density at radius 1 is 1.41 bits per heavy atom. The molecule has 0 radical (unpaired) electrons. The summed E-state index contributed by atoms with van der Waals surface area (Å²) in [5.74, 6) is 2.61. The fourth-order valence-corrected chi connectivity index (χ4v) is 2.94. The molecule has 0 amide bonds. The molecule has 0 spiro atoms. The van der Waals surface area contributed by atoms with Crippen LogP contribution in [0.2, 0.25) is 0 Å². The maximum Gasteiger partial charge on any atom is 0.148 e. The number of anilines is 1. The van der Waals surface area contributed by atoms with Gasteiger partial charge >= 0.3 is 0 Å². The van der Waals surface area contributed by atoms with Gasteiger partial charge in [0.15, 0.2) is 0 Å². The third-order valence-electron chi connectivity index (χ3n) is 3.97. The van der Waals surface area contributed by atoms with E-state index in [4.69, 9.17) is 0 Å². The summed E-state index contributed by atoms with van der Waals surface area (Å²) in [4.78, 5) is 0. The van der Waals surface area contributed by atoms with E-state index in [1.807, 2.05) is 4.68 Å². The van der Waals surface area contributed by atoms with Crippen LogP contribution >= 0.6 is 0 Å². The molecule has 0 aliphatic heterocycles. The summed E-state index contributed by atoms with van der Waals surface area (Å²) in [5.41, 5.74) is 0. The van der Waals surface area contributed by atoms with E-state index >= 15 is 0 Å². The van der Waals surface area contributed by atoms with Crippen molar-refractivity contribution < 1.29 is 0 Å². The van der Waals surface area contributed by atoms with Crippen molar-refractivity contribution in [1.82, 2.24) is 9.78 Å². The third kappa shape index (κ3) is 3.02. The van der Waals surface area contributed by atoms with E-state index in [1.165, 1.54) is 25.7 Å². The number of aryl methyl sites for hydroxylation is 1. The number of aromatic nitrogens is 2. The maximum atomic E-state index is 4.52. The minimum atomic E-state index is 0.615. The Morgan fingerprint density at radius 2 is 2.18 bits per heavy atom. The summed E-state index contributed by atoms with van der Waals surface area (Å²) in [5, 5.41) is 8.16. The predicted molar refractivity (Wildman–Crippen MR) is 72.1 cm³/mol. The number of hydrogen-bond donors (Lipinski definition) is 1. The van der Waals surface area contributed by atoms with Gasteiger partial charge in [-0.25, -0.2) is 0 Å². The van der Waals surface area contributed by atoms with Crippen LogP contribution in [-0.2, 0) is 6.54 Å². The van der Waals surface area contributed by atoms with Gasteiger partial charge < -0.3 is 5.32 Å². The number of hydrogen-bond acceptors (Lipinski definition) is 2. The summed E-state index contributed by atoms with van der Waals surface area (Å²) < 4.78 is 1.98. The number of nitrogens with zero attached hydrogens (tertiary/aromatic N) is 2. The monoisotopic (exact) mass is 235 g/mol. The van der Waals surface area contributed by atoms with Gasteiger partial charge in [-0.3, -0.25) is 4.68 Å². The van der Waals surface area contributed by atoms with Crippen molar-refractivity contribution in [2.24, 2.45) is 11.8 Å². The lowest BCUT2D eigenvalue weighted by atomic mass is 9.78. The van der Waals surface area contributed by atoms with Gasteiger partial charge in [-0.1, -0.05) is 26.7 Å². The third-order valence-corrected chi connectivity index (χ3v) is 3.97. The van der Waals surface area contributed by atoms with Crippen LogP contribution < -0.4 is 5.32 Å². The molecule has 1 aliphatic carbocycles. The highest BCUT2D eigenvalue weighted by molar-refractivity contribution is 5.34. The van der Waals surface area contributed by atoms with Crippen LogP contribution in [0.1, 0.15) is 46.5 Å². The maximum absolute atomic E-state index is 4.52. The standard InChI is InChI=1S/C14H25N3/c1-4-17-10-9-14(16-17)15-13-8-6-5-7-12(13)11(2)3/h9-13H,4-8H2,1-3H3,(H,15,16). The Balaban J connectivity index is 2.00. The molecular weight excluding hydrogens is 210 g/mol. The van der Waals surface area contributed by atoms with Crippen LogP contribution in [0.5, 0.6) is 0 Å². The van der Waals surface area contributed by atoms with E-state index in [-0.39, 0.29) is 0 Å². The van der Waals surface area contributed by atoms with Crippen LogP contribution in [0.4, 0.5) is 5.82 Å². The van der Waals surface area contributed by atoms with Crippen LogP contribution in [0.15, 0.2) is 12.3 Å². The first-order valence-electron chi connectivity index (χ1n) is 7.00. The second-order valence-corrected chi connectivity index (χ2v) is 5.50. The molecule has 1 saturated carbocycles. The van der Waals surface area contributed by atoms with Crippen LogP contribution in [0.25, 0.3) is 0 Å². The van der Waals surface area contributed by atoms with Gasteiger partial charge in [0.05, 0.1) is 0 Å². The van der Waals surface area contributed by atoms with Crippen LogP contribution in [-0.4, -0.2) is 15.8 Å². The molecule has 0 bridgehead atoms. The molecule has 1 aliphatic rings. The Morgan fingerprint density at radius 3 is 2.82 bits per heavy atom. The zero-order chi connectivity index (χ0) is 12.3. The Labute approximate surface area is 105 Å². The van der Waals surface area contributed by atoms with Crippen molar-refractivity contribution in [3.8, 4) is 0 Å². The lowest BCUT2D eigenvalue weighted by Gasteiger charge is -2.34. The molecule has 2 atom stereocenters. The van der Waals surface area contributed by atoms with Gasteiger partial charge in [0.25, 0.3) is 0 Å². The highest BCUT2D eigenvalue weighted by atomic mass is 15.3. The van der Waals surface area contributed by atoms with Crippen molar-refractivity contribution in [3.63, 3.8) is 0 Å². The van der Waals surface area contributed by atoms with Crippen molar-refractivity contribution >= 4 is 5.82 Å². The van der Waals surface area contributed by atoms with Crippen molar-refractivity contribution in [2.75, 3.05) is 5.32 Å². The minimum Gasteiger partial charge on any atom is -0.366 e. The first-order chi connectivity index (χ1) is 8.20. The van der Waals surface area contributed by atoms with Crippen LogP contribution in [0.3, 0.4) is 0 Å². The fraction of sp³-hybridized carbons (Fsp3) is 0.786. The quantitative estimate of drug-likeness (QED) is 0.865. The van der Waals surface area contributed by atoms with Gasteiger partial charge in [-0.15, -0.1) is 0 Å². The average molecular weight is 235 g/mol. The molecule has 1 N–H and O–H groups in total. The molecule has 0 saturated heterocycles. The van der Waals surface area contributed by atoms with E-state index in [0.717, 1.165) is 24.2 Å². The summed E-state index contributed by atoms with van der Waals surface area (Å²) >= 11 is 0. The van der Waals surface area contributed by atoms with Gasteiger partial charge in [0.1, 0.15) is 5.82 Å². The second kappa shape index (κ2) is 5.56. The van der Waals surface area contributed by atoms with E-state index in [9.17, 15) is 0 Å². The Bertz CT molecular complexity index is 343. The predicted octanol–water partition coefficient (Wildman–Crippen LogP) is 3.53. The summed E-state index contributed by atoms with van der Waals surface area (Å²) in [6, 6.07) is 2.71. The van der Waals surface area contributed by atoms with Crippen molar-refractivity contribution in [1.29, 1.82) is 0 Å². The topological polar surface area (TPSA) is 29.9 Å². The first kappa shape index (κ1) is 12.5. The Kier molecular flexibility index (Phi) is 4.08. The average Bonchev–Trinajstić information content (AvgIpc) is 2.77. The van der Waals surface area contributed by atoms with E-state index < -0.39 is 0 Å². The summed E-state index contributed by atoms with van der Waals surface area (Å²) in [6.45, 7) is 7.75. The molecule has 0 aromatic carbocycles. The molecule has 2 rings (SSSR count). The lowest BCUT2D eigenvalue weighted by molar-refractivity contribution is 0.253. The number of nitrogens with one attached hydrogen (secondary N) is 1. The van der Waals surface area contributed by atoms with Gasteiger partial charge in [-0.05, 0) is 31.6 Å². The molecule has 2 unspecified atom stereocenters. The van der Waals surface area contributed by atoms with Crippen molar-refractivity contribution in [3.05, 3.63) is 12.3 Å². The summed E-state index contributed by atoms with van der Waals surface area (Å²) in [7, 11) is 0. The molecule has 1 aromatic heterocycles. The normalized spacial score (nSPS) is 25.2. The highest BCUT2D eigenvalue weighted by Gasteiger charge is 2.27. The molecule has 3 heteroatoms. The summed E-state index contributed by atoms with van der Waals surface area (Å²) in [6.07, 6.45) is 7.46. The van der Waals surface area contributed by atoms with E-state index in [1.54, 1.807) is 0 Å². The zero-order valence-corrected chi connectivity index (χ0v) is 11.3. The van der Waals surface area contributed by atoms with Gasteiger partial charge in [-0.2, -0.15) is 5.10 Å². The van der Waals surface area contributed by atoms with E-state index in [2.05, 4.69) is 43.4 Å². The largest absolute Gasteiger partial charge is 0.366 e. The van der Waals surface area contributed by atoms with Crippen molar-refractivity contribution in [2.45, 2.75) is 59.0 Å². The van der Waals surface area contributed by atoms with E-state index in [0.29, 0.717) is 6.04 Å². The first-order valence-corrected chi connectivity index (χ1v) is 7.00. The fourth-order valence-electron chi connectivity index (χ4n) is 2.94. The molecular formula is C14H25N3. The SMILES string of the molecule is CCn1ccc(NC2CCCCC2C(C)C)n1. The molecule has 17 heavy (non-hydrogen) atoms. The molecule has 1 aromatic rings. The zero-order valence-electron chi connectivity index (χ0n) is 11.3. The molecule has 1 fully saturated rings. The molecule has 3 nitrogen and oxygen atoms in total. The highest BCUT2D eigenvalue weighted by Crippen LogP contribution is 2.31. The van der Waals surface area contributed by atoms with Gasteiger partial charge in [0, 0.05) is 24.8 Å². The Hall–Kier alpha value is -0.990. The lowest BCUT2D eigenvalue weighted by Crippen LogP contribution is -2.35. The van der Waals surface area contributed by atoms with Crippen LogP contribution in [0, 0.1) is 11.8 Å². The number of rotatable bonds is 4. The second-order valence-electron chi connectivity index (χ2n) is 5.50. The smallest absolute Gasteiger partial charge is 0.148 e. The van der Waals surface area contributed by atoms with Gasteiger partial charge in [0.2, 0.25) is 0 Å².